The maximum Gasteiger partial charge on any atom is 0.343 e. The van der Waals surface area contributed by atoms with Crippen LogP contribution >= 0.6 is 0 Å². The third-order valence-corrected chi connectivity index (χ3v) is 5.58. The number of unbranched alkanes of at least 4 members (excludes halogenated alkanes) is 6. The number of hydrogen-bond donors (Lipinski definition) is 0. The summed E-state index contributed by atoms with van der Waals surface area (Å²) < 4.78 is 11.0. The van der Waals surface area contributed by atoms with Gasteiger partial charge in [0.15, 0.2) is 0 Å². The van der Waals surface area contributed by atoms with Crippen molar-refractivity contribution in [3.05, 3.63) is 65.2 Å². The maximum atomic E-state index is 12.4. The van der Waals surface area contributed by atoms with E-state index in [-0.39, 0.29) is 12.1 Å². The Bertz CT molecular complexity index is 808. The van der Waals surface area contributed by atoms with Gasteiger partial charge in [0.1, 0.15) is 5.75 Å². The standard InChI is InChI=1S/C28H38O4/c1-4-6-8-10-12-22(3)31-27(29)25-18-20-26(21-19-25)32-28(30)24-16-14-23(15-17-24)13-11-9-7-5-2/h14-22H,4-13H2,1-3H3. The lowest BCUT2D eigenvalue weighted by Gasteiger charge is -2.13. The third-order valence-electron chi connectivity index (χ3n) is 5.58. The predicted octanol–water partition coefficient (Wildman–Crippen LogP) is 7.54. The van der Waals surface area contributed by atoms with E-state index in [0.29, 0.717) is 16.9 Å². The molecule has 32 heavy (non-hydrogen) atoms. The van der Waals surface area contributed by atoms with Gasteiger partial charge in [-0.2, -0.15) is 0 Å². The molecule has 0 aliphatic carbocycles. The van der Waals surface area contributed by atoms with Gasteiger partial charge in [0.05, 0.1) is 17.2 Å². The molecule has 0 spiro atoms. The van der Waals surface area contributed by atoms with Crippen LogP contribution in [0.5, 0.6) is 5.75 Å². The molecule has 0 bridgehead atoms. The Kier molecular flexibility index (Phi) is 11.6. The molecule has 174 valence electrons. The summed E-state index contributed by atoms with van der Waals surface area (Å²) in [5.74, 6) is -0.346. The molecular formula is C28H38O4. The minimum Gasteiger partial charge on any atom is -0.459 e. The molecule has 2 aromatic carbocycles. The molecule has 1 atom stereocenters. The Morgan fingerprint density at radius 2 is 1.28 bits per heavy atom. The molecule has 0 N–H and O–H groups in total. The SMILES string of the molecule is CCCCCCc1ccc(C(=O)Oc2ccc(C(=O)OC(C)CCCCCC)cc2)cc1. The lowest BCUT2D eigenvalue weighted by atomic mass is 10.0. The maximum absolute atomic E-state index is 12.4. The van der Waals surface area contributed by atoms with Crippen LogP contribution in [0.1, 0.15) is 105 Å². The van der Waals surface area contributed by atoms with E-state index in [0.717, 1.165) is 19.3 Å². The molecule has 0 amide bonds. The van der Waals surface area contributed by atoms with Gasteiger partial charge in [0.2, 0.25) is 0 Å². The average molecular weight is 439 g/mol. The van der Waals surface area contributed by atoms with Crippen LogP contribution in [0.3, 0.4) is 0 Å². The van der Waals surface area contributed by atoms with Crippen molar-refractivity contribution in [2.24, 2.45) is 0 Å². The zero-order valence-electron chi connectivity index (χ0n) is 19.9. The molecule has 1 unspecified atom stereocenters. The fourth-order valence-corrected chi connectivity index (χ4v) is 3.56. The zero-order chi connectivity index (χ0) is 23.2. The van der Waals surface area contributed by atoms with Gasteiger partial charge in [0.25, 0.3) is 0 Å². The van der Waals surface area contributed by atoms with Crippen LogP contribution in [0.15, 0.2) is 48.5 Å². The monoisotopic (exact) mass is 438 g/mol. The molecule has 4 heteroatoms. The van der Waals surface area contributed by atoms with E-state index >= 15 is 0 Å². The molecule has 0 aliphatic rings. The highest BCUT2D eigenvalue weighted by Crippen LogP contribution is 2.17. The first kappa shape index (κ1) is 25.6. The highest BCUT2D eigenvalue weighted by atomic mass is 16.5. The minimum atomic E-state index is -0.404. The molecule has 0 aliphatic heterocycles. The van der Waals surface area contributed by atoms with E-state index in [2.05, 4.69) is 13.8 Å². The largest absolute Gasteiger partial charge is 0.459 e. The first-order valence-corrected chi connectivity index (χ1v) is 12.2. The number of esters is 2. The Hall–Kier alpha value is -2.62. The van der Waals surface area contributed by atoms with Crippen LogP contribution in [-0.2, 0) is 11.2 Å². The molecule has 2 rings (SSSR count). The van der Waals surface area contributed by atoms with Crippen molar-refractivity contribution < 1.29 is 19.1 Å². The van der Waals surface area contributed by atoms with E-state index < -0.39 is 5.97 Å². The predicted molar refractivity (Wildman–Crippen MR) is 129 cm³/mol. The van der Waals surface area contributed by atoms with Crippen molar-refractivity contribution in [2.45, 2.75) is 91.1 Å². The Morgan fingerprint density at radius 3 is 1.91 bits per heavy atom. The second-order valence-corrected chi connectivity index (χ2v) is 8.49. The van der Waals surface area contributed by atoms with Gasteiger partial charge < -0.3 is 9.47 Å². The number of carbonyl (C=O) groups excluding carboxylic acids is 2. The number of carbonyl (C=O) groups is 2. The van der Waals surface area contributed by atoms with Crippen LogP contribution in [0.4, 0.5) is 0 Å². The lowest BCUT2D eigenvalue weighted by molar-refractivity contribution is 0.0319. The number of hydrogen-bond acceptors (Lipinski definition) is 4. The molecule has 0 heterocycles. The molecular weight excluding hydrogens is 400 g/mol. The number of rotatable bonds is 14. The van der Waals surface area contributed by atoms with Crippen molar-refractivity contribution in [3.63, 3.8) is 0 Å². The Labute approximate surface area is 193 Å². The van der Waals surface area contributed by atoms with Crippen molar-refractivity contribution in [2.75, 3.05) is 0 Å². The van der Waals surface area contributed by atoms with E-state index in [4.69, 9.17) is 9.47 Å². The van der Waals surface area contributed by atoms with Crippen LogP contribution in [0, 0.1) is 0 Å². The van der Waals surface area contributed by atoms with Crippen LogP contribution in [0.25, 0.3) is 0 Å². The second-order valence-electron chi connectivity index (χ2n) is 8.49. The van der Waals surface area contributed by atoms with Gasteiger partial charge in [-0.05, 0) is 74.6 Å². The highest BCUT2D eigenvalue weighted by Gasteiger charge is 2.13. The van der Waals surface area contributed by atoms with Crippen LogP contribution in [0.2, 0.25) is 0 Å². The van der Waals surface area contributed by atoms with Gasteiger partial charge in [-0.15, -0.1) is 0 Å². The van der Waals surface area contributed by atoms with E-state index in [1.165, 1.54) is 50.5 Å². The highest BCUT2D eigenvalue weighted by molar-refractivity contribution is 5.92. The lowest BCUT2D eigenvalue weighted by Crippen LogP contribution is -2.15. The summed E-state index contributed by atoms with van der Waals surface area (Å²) >= 11 is 0. The van der Waals surface area contributed by atoms with Crippen molar-refractivity contribution in [1.29, 1.82) is 0 Å². The van der Waals surface area contributed by atoms with E-state index in [1.54, 1.807) is 24.3 Å². The zero-order valence-corrected chi connectivity index (χ0v) is 19.9. The quantitative estimate of drug-likeness (QED) is 0.174. The van der Waals surface area contributed by atoms with Gasteiger partial charge in [-0.3, -0.25) is 0 Å². The summed E-state index contributed by atoms with van der Waals surface area (Å²) in [6, 6.07) is 14.1. The number of aryl methyl sites for hydroxylation is 1. The summed E-state index contributed by atoms with van der Waals surface area (Å²) in [7, 11) is 0. The number of ether oxygens (including phenoxy) is 2. The van der Waals surface area contributed by atoms with Crippen LogP contribution < -0.4 is 4.74 Å². The Balaban J connectivity index is 1.81. The average Bonchev–Trinajstić information content (AvgIpc) is 2.80. The van der Waals surface area contributed by atoms with Gasteiger partial charge in [0, 0.05) is 0 Å². The summed E-state index contributed by atoms with van der Waals surface area (Å²) in [5.41, 5.74) is 2.21. The first-order valence-electron chi connectivity index (χ1n) is 12.2. The summed E-state index contributed by atoms with van der Waals surface area (Å²) in [6.07, 6.45) is 11.3. The summed E-state index contributed by atoms with van der Waals surface area (Å²) in [5, 5.41) is 0. The van der Waals surface area contributed by atoms with Gasteiger partial charge in [-0.1, -0.05) is 64.5 Å². The summed E-state index contributed by atoms with van der Waals surface area (Å²) in [4.78, 5) is 24.7. The second kappa shape index (κ2) is 14.4. The Morgan fingerprint density at radius 1 is 0.719 bits per heavy atom. The minimum absolute atomic E-state index is 0.105. The van der Waals surface area contributed by atoms with Crippen LogP contribution in [-0.4, -0.2) is 18.0 Å². The molecule has 0 fully saturated rings. The van der Waals surface area contributed by atoms with Gasteiger partial charge >= 0.3 is 11.9 Å². The topological polar surface area (TPSA) is 52.6 Å². The van der Waals surface area contributed by atoms with E-state index in [1.807, 2.05) is 31.2 Å². The molecule has 2 aromatic rings. The fraction of sp³-hybridized carbons (Fsp3) is 0.500. The molecule has 0 saturated heterocycles. The van der Waals surface area contributed by atoms with Crippen molar-refractivity contribution in [3.8, 4) is 5.75 Å². The van der Waals surface area contributed by atoms with Crippen molar-refractivity contribution in [1.82, 2.24) is 0 Å². The fourth-order valence-electron chi connectivity index (χ4n) is 3.56. The molecule has 0 aromatic heterocycles. The van der Waals surface area contributed by atoms with E-state index in [9.17, 15) is 9.59 Å². The summed E-state index contributed by atoms with van der Waals surface area (Å²) in [6.45, 7) is 6.31. The molecule has 4 nitrogen and oxygen atoms in total. The molecule has 0 saturated carbocycles. The normalized spacial score (nSPS) is 11.7. The number of benzene rings is 2. The third kappa shape index (κ3) is 9.25. The van der Waals surface area contributed by atoms with Crippen molar-refractivity contribution >= 4 is 11.9 Å². The molecule has 0 radical (unpaired) electrons. The first-order chi connectivity index (χ1) is 15.5. The smallest absolute Gasteiger partial charge is 0.343 e. The van der Waals surface area contributed by atoms with Gasteiger partial charge in [-0.25, -0.2) is 9.59 Å².